The molecule has 1 spiro atoms. The zero-order chi connectivity index (χ0) is 17.4. The molecule has 0 saturated carbocycles. The Morgan fingerprint density at radius 3 is 2.84 bits per heavy atom. The zero-order valence-corrected chi connectivity index (χ0v) is 14.1. The maximum absolute atomic E-state index is 13.0. The molecule has 2 atom stereocenters. The molecule has 1 N–H and O–H groups in total. The first-order chi connectivity index (χ1) is 12.2. The smallest absolute Gasteiger partial charge is 0.257 e. The number of para-hydroxylation sites is 1. The highest BCUT2D eigenvalue weighted by Crippen LogP contribution is 2.49. The molecule has 6 heteroatoms. The van der Waals surface area contributed by atoms with E-state index >= 15 is 0 Å². The third-order valence-corrected chi connectivity index (χ3v) is 5.38. The molecule has 1 fully saturated rings. The molecule has 0 bridgehead atoms. The van der Waals surface area contributed by atoms with Crippen LogP contribution >= 0.6 is 0 Å². The van der Waals surface area contributed by atoms with Crippen molar-refractivity contribution in [1.29, 1.82) is 0 Å². The number of anilines is 1. The van der Waals surface area contributed by atoms with Gasteiger partial charge in [-0.25, -0.2) is 9.97 Å². The molecule has 2 aromatic rings. The first-order valence-corrected chi connectivity index (χ1v) is 8.65. The van der Waals surface area contributed by atoms with Crippen molar-refractivity contribution in [2.75, 3.05) is 11.9 Å². The lowest BCUT2D eigenvalue weighted by Gasteiger charge is -2.33. The molecule has 128 valence electrons. The SMILES string of the molecule is CCC[C@@H]1N(C(=O)c2cncnc2)CC[C@]12C(=O)Nc1ccccc12. The number of amides is 2. The second-order valence-corrected chi connectivity index (χ2v) is 6.65. The topological polar surface area (TPSA) is 75.2 Å². The second kappa shape index (κ2) is 5.95. The largest absolute Gasteiger partial charge is 0.334 e. The normalized spacial score (nSPS) is 24.4. The summed E-state index contributed by atoms with van der Waals surface area (Å²) in [5.74, 6) is -0.0973. The molecule has 6 nitrogen and oxygen atoms in total. The average molecular weight is 336 g/mol. The lowest BCUT2D eigenvalue weighted by molar-refractivity contribution is -0.121. The van der Waals surface area contributed by atoms with Crippen LogP contribution in [0.2, 0.25) is 0 Å². The van der Waals surface area contributed by atoms with Gasteiger partial charge in [0.1, 0.15) is 6.33 Å². The number of rotatable bonds is 3. The summed E-state index contributed by atoms with van der Waals surface area (Å²) >= 11 is 0. The number of aromatic nitrogens is 2. The highest BCUT2D eigenvalue weighted by Gasteiger charge is 2.58. The van der Waals surface area contributed by atoms with Crippen LogP contribution in [-0.2, 0) is 10.2 Å². The molecule has 1 saturated heterocycles. The van der Waals surface area contributed by atoms with Crippen LogP contribution in [-0.4, -0.2) is 39.3 Å². The van der Waals surface area contributed by atoms with E-state index in [1.54, 1.807) is 0 Å². The highest BCUT2D eigenvalue weighted by atomic mass is 16.2. The molecule has 0 unspecified atom stereocenters. The maximum Gasteiger partial charge on any atom is 0.257 e. The molecule has 1 aromatic carbocycles. The summed E-state index contributed by atoms with van der Waals surface area (Å²) in [6, 6.07) is 7.66. The lowest BCUT2D eigenvalue weighted by atomic mass is 9.73. The second-order valence-electron chi connectivity index (χ2n) is 6.65. The Morgan fingerprint density at radius 2 is 2.08 bits per heavy atom. The predicted molar refractivity (Wildman–Crippen MR) is 93.1 cm³/mol. The van der Waals surface area contributed by atoms with Crippen LogP contribution in [0.25, 0.3) is 0 Å². The summed E-state index contributed by atoms with van der Waals surface area (Å²) in [4.78, 5) is 35.7. The molecule has 2 aliphatic heterocycles. The van der Waals surface area contributed by atoms with Gasteiger partial charge in [0, 0.05) is 24.6 Å². The molecule has 3 heterocycles. The van der Waals surface area contributed by atoms with E-state index in [0.29, 0.717) is 18.5 Å². The summed E-state index contributed by atoms with van der Waals surface area (Å²) in [5.41, 5.74) is 1.69. The third kappa shape index (κ3) is 2.24. The number of hydrogen-bond acceptors (Lipinski definition) is 4. The van der Waals surface area contributed by atoms with Crippen LogP contribution in [0, 0.1) is 0 Å². The summed E-state index contributed by atoms with van der Waals surface area (Å²) in [6.07, 6.45) is 6.79. The lowest BCUT2D eigenvalue weighted by Crippen LogP contribution is -2.48. The van der Waals surface area contributed by atoms with Gasteiger partial charge in [-0.15, -0.1) is 0 Å². The van der Waals surface area contributed by atoms with Crippen molar-refractivity contribution >= 4 is 17.5 Å². The van der Waals surface area contributed by atoms with Crippen molar-refractivity contribution in [3.8, 4) is 0 Å². The first kappa shape index (κ1) is 15.7. The summed E-state index contributed by atoms with van der Waals surface area (Å²) in [6.45, 7) is 2.64. The highest BCUT2D eigenvalue weighted by molar-refractivity contribution is 6.08. The zero-order valence-electron chi connectivity index (χ0n) is 14.1. The first-order valence-electron chi connectivity index (χ1n) is 8.65. The van der Waals surface area contributed by atoms with E-state index < -0.39 is 5.41 Å². The Hall–Kier alpha value is -2.76. The number of carbonyl (C=O) groups is 2. The van der Waals surface area contributed by atoms with Gasteiger partial charge in [0.25, 0.3) is 5.91 Å². The Balaban J connectivity index is 1.76. The van der Waals surface area contributed by atoms with Gasteiger partial charge in [-0.05, 0) is 24.5 Å². The maximum atomic E-state index is 13.0. The van der Waals surface area contributed by atoms with Gasteiger partial charge in [-0.2, -0.15) is 0 Å². The minimum atomic E-state index is -0.655. The van der Waals surface area contributed by atoms with E-state index in [2.05, 4.69) is 22.2 Å². The van der Waals surface area contributed by atoms with Gasteiger partial charge < -0.3 is 10.2 Å². The van der Waals surface area contributed by atoms with Crippen LogP contribution < -0.4 is 5.32 Å². The van der Waals surface area contributed by atoms with E-state index in [0.717, 1.165) is 24.1 Å². The van der Waals surface area contributed by atoms with Crippen molar-refractivity contribution < 1.29 is 9.59 Å². The fourth-order valence-corrected chi connectivity index (χ4v) is 4.30. The van der Waals surface area contributed by atoms with Gasteiger partial charge >= 0.3 is 0 Å². The Morgan fingerprint density at radius 1 is 1.32 bits per heavy atom. The van der Waals surface area contributed by atoms with Crippen LogP contribution in [0.1, 0.15) is 42.1 Å². The molecule has 2 amide bonds. The fourth-order valence-electron chi connectivity index (χ4n) is 4.30. The number of fused-ring (bicyclic) bond motifs is 2. The molecule has 0 radical (unpaired) electrons. The number of carbonyl (C=O) groups excluding carboxylic acids is 2. The standard InChI is InChI=1S/C19H20N4O2/c1-2-5-16-19(14-6-3-4-7-15(14)22-18(19)25)8-9-23(16)17(24)13-10-20-12-21-11-13/h3-4,6-7,10-12,16H,2,5,8-9H2,1H3,(H,22,25)/t16-,19+/m0/s1. The van der Waals surface area contributed by atoms with Crippen molar-refractivity contribution in [2.24, 2.45) is 0 Å². The molecule has 2 aliphatic rings. The molecule has 1 aromatic heterocycles. The molecule has 25 heavy (non-hydrogen) atoms. The number of hydrogen-bond donors (Lipinski definition) is 1. The van der Waals surface area contributed by atoms with Crippen LogP contribution in [0.15, 0.2) is 43.0 Å². The quantitative estimate of drug-likeness (QED) is 0.934. The molecular formula is C19H20N4O2. The van der Waals surface area contributed by atoms with Gasteiger partial charge in [-0.3, -0.25) is 9.59 Å². The monoisotopic (exact) mass is 336 g/mol. The fraction of sp³-hybridized carbons (Fsp3) is 0.368. The van der Waals surface area contributed by atoms with Crippen LogP contribution in [0.3, 0.4) is 0 Å². The minimum absolute atomic E-state index is 0.00626. The van der Waals surface area contributed by atoms with Gasteiger partial charge in [-0.1, -0.05) is 31.5 Å². The Labute approximate surface area is 146 Å². The summed E-state index contributed by atoms with van der Waals surface area (Å²) in [5, 5.41) is 3.02. The number of likely N-dealkylation sites (tertiary alicyclic amines) is 1. The van der Waals surface area contributed by atoms with E-state index in [1.165, 1.54) is 18.7 Å². The molecule has 4 rings (SSSR count). The Kier molecular flexibility index (Phi) is 3.75. The Bertz CT molecular complexity index is 823. The number of benzene rings is 1. The molecule has 0 aliphatic carbocycles. The van der Waals surface area contributed by atoms with E-state index in [4.69, 9.17) is 0 Å². The number of nitrogens with zero attached hydrogens (tertiary/aromatic N) is 3. The summed E-state index contributed by atoms with van der Waals surface area (Å²) < 4.78 is 0. The van der Waals surface area contributed by atoms with Crippen molar-refractivity contribution in [1.82, 2.24) is 14.9 Å². The van der Waals surface area contributed by atoms with E-state index in [1.807, 2.05) is 29.2 Å². The van der Waals surface area contributed by atoms with E-state index in [-0.39, 0.29) is 17.9 Å². The van der Waals surface area contributed by atoms with Crippen molar-refractivity contribution in [2.45, 2.75) is 37.6 Å². The van der Waals surface area contributed by atoms with Gasteiger partial charge in [0.15, 0.2) is 0 Å². The minimum Gasteiger partial charge on any atom is -0.334 e. The molecular weight excluding hydrogens is 316 g/mol. The summed E-state index contributed by atoms with van der Waals surface area (Å²) in [7, 11) is 0. The van der Waals surface area contributed by atoms with E-state index in [9.17, 15) is 9.59 Å². The predicted octanol–water partition coefficient (Wildman–Crippen LogP) is 2.38. The van der Waals surface area contributed by atoms with Gasteiger partial charge in [0.2, 0.25) is 5.91 Å². The third-order valence-electron chi connectivity index (χ3n) is 5.38. The average Bonchev–Trinajstić information content (AvgIpc) is 3.16. The number of nitrogens with one attached hydrogen (secondary N) is 1. The van der Waals surface area contributed by atoms with Gasteiger partial charge in [0.05, 0.1) is 17.0 Å². The van der Waals surface area contributed by atoms with Crippen LogP contribution in [0.5, 0.6) is 0 Å². The van der Waals surface area contributed by atoms with Crippen molar-refractivity contribution in [3.05, 3.63) is 54.1 Å². The van der Waals surface area contributed by atoms with Crippen LogP contribution in [0.4, 0.5) is 5.69 Å². The van der Waals surface area contributed by atoms with Crippen molar-refractivity contribution in [3.63, 3.8) is 0 Å².